The van der Waals surface area contributed by atoms with Crippen LogP contribution in [0.1, 0.15) is 13.8 Å². The third kappa shape index (κ3) is 6.14. The molecule has 1 aromatic carbocycles. The van der Waals surface area contributed by atoms with E-state index in [1.165, 1.54) is 23.5 Å². The molecule has 0 saturated carbocycles. The first-order valence-electron chi connectivity index (χ1n) is 9.89. The standard InChI is InChI=1S/C19H30N4O6S/c1-4-22(5-2)11-10-20-18(24)19(25)21-14-17-23(12-13-29-17)30(26,27)16-8-6-15(28-3)7-9-16/h6-9,17H,4-5,10-14H2,1-3H3,(H,20,24)(H,21,25)/t17-/m0/s1. The molecule has 0 aliphatic carbocycles. The van der Waals surface area contributed by atoms with Crippen molar-refractivity contribution in [3.05, 3.63) is 24.3 Å². The first kappa shape index (κ1) is 24.1. The SMILES string of the molecule is CCN(CC)CCNC(=O)C(=O)NC[C@@H]1OCCN1S(=O)(=O)c1ccc(OC)cc1. The Morgan fingerprint density at radius 3 is 2.40 bits per heavy atom. The highest BCUT2D eigenvalue weighted by atomic mass is 32.2. The molecule has 0 radical (unpaired) electrons. The van der Waals surface area contributed by atoms with Gasteiger partial charge in [0.2, 0.25) is 10.0 Å². The summed E-state index contributed by atoms with van der Waals surface area (Å²) in [5.74, 6) is -1.04. The van der Waals surface area contributed by atoms with E-state index in [9.17, 15) is 18.0 Å². The highest BCUT2D eigenvalue weighted by Gasteiger charge is 2.36. The van der Waals surface area contributed by atoms with Crippen LogP contribution in [0.2, 0.25) is 0 Å². The molecule has 168 valence electrons. The lowest BCUT2D eigenvalue weighted by atomic mass is 10.3. The number of hydrogen-bond acceptors (Lipinski definition) is 7. The summed E-state index contributed by atoms with van der Waals surface area (Å²) in [6.07, 6.45) is -0.885. The van der Waals surface area contributed by atoms with Gasteiger partial charge in [0.05, 0.1) is 25.2 Å². The van der Waals surface area contributed by atoms with Crippen molar-refractivity contribution in [3.63, 3.8) is 0 Å². The van der Waals surface area contributed by atoms with Crippen molar-refractivity contribution in [2.75, 3.05) is 53.0 Å². The number of ether oxygens (including phenoxy) is 2. The molecule has 0 unspecified atom stereocenters. The Kier molecular flexibility index (Phi) is 9.03. The summed E-state index contributed by atoms with van der Waals surface area (Å²) < 4.78 is 37.5. The van der Waals surface area contributed by atoms with E-state index in [1.807, 2.05) is 13.8 Å². The molecule has 1 saturated heterocycles. The quantitative estimate of drug-likeness (QED) is 0.474. The fourth-order valence-electron chi connectivity index (χ4n) is 3.03. The highest BCUT2D eigenvalue weighted by Crippen LogP contribution is 2.23. The molecular formula is C19H30N4O6S. The van der Waals surface area contributed by atoms with Crippen molar-refractivity contribution in [3.8, 4) is 5.75 Å². The molecule has 1 heterocycles. The molecule has 1 aliphatic heterocycles. The first-order valence-corrected chi connectivity index (χ1v) is 11.3. The van der Waals surface area contributed by atoms with Crippen LogP contribution in [-0.4, -0.2) is 88.7 Å². The van der Waals surface area contributed by atoms with Crippen LogP contribution in [0, 0.1) is 0 Å². The number of nitrogens with one attached hydrogen (secondary N) is 2. The van der Waals surface area contributed by atoms with Gasteiger partial charge in [-0.1, -0.05) is 13.8 Å². The van der Waals surface area contributed by atoms with E-state index in [1.54, 1.807) is 12.1 Å². The predicted molar refractivity (Wildman–Crippen MR) is 110 cm³/mol. The van der Waals surface area contributed by atoms with Crippen LogP contribution in [0.4, 0.5) is 0 Å². The van der Waals surface area contributed by atoms with Gasteiger partial charge in [-0.25, -0.2) is 8.42 Å². The molecule has 10 nitrogen and oxygen atoms in total. The molecule has 2 amide bonds. The molecule has 0 spiro atoms. The number of carbonyl (C=O) groups excluding carboxylic acids is 2. The normalized spacial score (nSPS) is 17.1. The number of likely N-dealkylation sites (N-methyl/N-ethyl adjacent to an activating group) is 1. The largest absolute Gasteiger partial charge is 0.497 e. The van der Waals surface area contributed by atoms with Crippen molar-refractivity contribution < 1.29 is 27.5 Å². The molecule has 30 heavy (non-hydrogen) atoms. The Morgan fingerprint density at radius 1 is 1.17 bits per heavy atom. The zero-order valence-electron chi connectivity index (χ0n) is 17.6. The Hall–Kier alpha value is -2.21. The highest BCUT2D eigenvalue weighted by molar-refractivity contribution is 7.89. The number of benzene rings is 1. The lowest BCUT2D eigenvalue weighted by molar-refractivity contribution is -0.139. The molecular weight excluding hydrogens is 412 g/mol. The summed E-state index contributed by atoms with van der Waals surface area (Å²) in [4.78, 5) is 26.2. The molecule has 1 fully saturated rings. The van der Waals surface area contributed by atoms with E-state index in [0.717, 1.165) is 13.1 Å². The minimum atomic E-state index is -3.82. The van der Waals surface area contributed by atoms with Crippen molar-refractivity contribution in [2.45, 2.75) is 25.0 Å². The summed E-state index contributed by atoms with van der Waals surface area (Å²) in [6, 6.07) is 6.02. The predicted octanol–water partition coefficient (Wildman–Crippen LogP) is -0.384. The zero-order valence-corrected chi connectivity index (χ0v) is 18.4. The van der Waals surface area contributed by atoms with Crippen LogP contribution in [0.25, 0.3) is 0 Å². The fourth-order valence-corrected chi connectivity index (χ4v) is 4.54. The Balaban J connectivity index is 1.89. The summed E-state index contributed by atoms with van der Waals surface area (Å²) in [7, 11) is -2.32. The summed E-state index contributed by atoms with van der Waals surface area (Å²) in [6.45, 7) is 6.98. The molecule has 1 aromatic rings. The van der Waals surface area contributed by atoms with E-state index >= 15 is 0 Å². The van der Waals surface area contributed by atoms with Crippen LogP contribution in [0.3, 0.4) is 0 Å². The Bertz CT molecular complexity index is 811. The lowest BCUT2D eigenvalue weighted by Gasteiger charge is -2.23. The summed E-state index contributed by atoms with van der Waals surface area (Å²) in [5.41, 5.74) is 0. The van der Waals surface area contributed by atoms with Gasteiger partial charge in [0.1, 0.15) is 12.0 Å². The Labute approximate surface area is 177 Å². The van der Waals surface area contributed by atoms with Crippen molar-refractivity contribution in [2.24, 2.45) is 0 Å². The lowest BCUT2D eigenvalue weighted by Crippen LogP contribution is -2.48. The molecule has 1 aliphatic rings. The van der Waals surface area contributed by atoms with Gasteiger partial charge in [-0.15, -0.1) is 0 Å². The molecule has 0 aromatic heterocycles. The number of nitrogens with zero attached hydrogens (tertiary/aromatic N) is 2. The average Bonchev–Trinajstić information content (AvgIpc) is 3.24. The van der Waals surface area contributed by atoms with Gasteiger partial charge < -0.3 is 25.0 Å². The summed E-state index contributed by atoms with van der Waals surface area (Å²) >= 11 is 0. The van der Waals surface area contributed by atoms with Gasteiger partial charge in [-0.3, -0.25) is 9.59 Å². The second-order valence-corrected chi connectivity index (χ2v) is 8.50. The maximum Gasteiger partial charge on any atom is 0.309 e. The maximum atomic E-state index is 12.9. The molecule has 2 N–H and O–H groups in total. The smallest absolute Gasteiger partial charge is 0.309 e. The van der Waals surface area contributed by atoms with E-state index < -0.39 is 28.1 Å². The van der Waals surface area contributed by atoms with Crippen LogP contribution in [0.5, 0.6) is 5.75 Å². The minimum absolute atomic E-state index is 0.0965. The van der Waals surface area contributed by atoms with Gasteiger partial charge in [0.15, 0.2) is 0 Å². The third-order valence-electron chi connectivity index (χ3n) is 4.86. The van der Waals surface area contributed by atoms with Gasteiger partial charge in [0, 0.05) is 19.6 Å². The van der Waals surface area contributed by atoms with E-state index in [0.29, 0.717) is 18.8 Å². The van der Waals surface area contributed by atoms with Crippen LogP contribution in [-0.2, 0) is 24.3 Å². The van der Waals surface area contributed by atoms with Gasteiger partial charge in [-0.2, -0.15) is 4.31 Å². The topological polar surface area (TPSA) is 117 Å². The number of amides is 2. The number of rotatable bonds is 10. The molecule has 2 rings (SSSR count). The fraction of sp³-hybridized carbons (Fsp3) is 0.579. The maximum absolute atomic E-state index is 12.9. The number of methoxy groups -OCH3 is 1. The third-order valence-corrected chi connectivity index (χ3v) is 6.76. The van der Waals surface area contributed by atoms with Crippen LogP contribution < -0.4 is 15.4 Å². The van der Waals surface area contributed by atoms with Gasteiger partial charge >= 0.3 is 11.8 Å². The zero-order chi connectivity index (χ0) is 22.1. The molecule has 11 heteroatoms. The second-order valence-electron chi connectivity index (χ2n) is 6.61. The van der Waals surface area contributed by atoms with Crippen LogP contribution in [0.15, 0.2) is 29.2 Å². The van der Waals surface area contributed by atoms with Crippen molar-refractivity contribution in [1.29, 1.82) is 0 Å². The average molecular weight is 443 g/mol. The van der Waals surface area contributed by atoms with Gasteiger partial charge in [0.25, 0.3) is 0 Å². The number of hydrogen-bond donors (Lipinski definition) is 2. The van der Waals surface area contributed by atoms with Gasteiger partial charge in [-0.05, 0) is 37.4 Å². The minimum Gasteiger partial charge on any atom is -0.497 e. The number of sulfonamides is 1. The Morgan fingerprint density at radius 2 is 1.80 bits per heavy atom. The molecule has 1 atom stereocenters. The van der Waals surface area contributed by atoms with E-state index in [-0.39, 0.29) is 24.6 Å². The summed E-state index contributed by atoms with van der Waals surface area (Å²) in [5, 5.41) is 5.00. The second kappa shape index (κ2) is 11.3. The molecule has 0 bridgehead atoms. The van der Waals surface area contributed by atoms with E-state index in [2.05, 4.69) is 15.5 Å². The van der Waals surface area contributed by atoms with E-state index in [4.69, 9.17) is 9.47 Å². The number of carbonyl (C=O) groups is 2. The van der Waals surface area contributed by atoms with Crippen LogP contribution >= 0.6 is 0 Å². The van der Waals surface area contributed by atoms with Crippen molar-refractivity contribution in [1.82, 2.24) is 19.8 Å². The first-order chi connectivity index (χ1) is 14.3. The van der Waals surface area contributed by atoms with Crippen molar-refractivity contribution >= 4 is 21.8 Å². The monoisotopic (exact) mass is 442 g/mol.